The van der Waals surface area contributed by atoms with Crippen molar-refractivity contribution in [3.8, 4) is 0 Å². The molecule has 2 saturated heterocycles. The van der Waals surface area contributed by atoms with Crippen LogP contribution in [0.3, 0.4) is 0 Å². The lowest BCUT2D eigenvalue weighted by molar-refractivity contribution is -0.134. The minimum Gasteiger partial charge on any atom is -0.336 e. The lowest BCUT2D eigenvalue weighted by Crippen LogP contribution is -2.53. The van der Waals surface area contributed by atoms with Crippen molar-refractivity contribution in [2.24, 2.45) is 11.3 Å². The van der Waals surface area contributed by atoms with E-state index in [0.717, 1.165) is 48.4 Å². The number of nitrogens with one attached hydrogen (secondary N) is 1. The van der Waals surface area contributed by atoms with Crippen LogP contribution in [-0.4, -0.2) is 70.9 Å². The molecule has 1 saturated carbocycles. The van der Waals surface area contributed by atoms with Crippen LogP contribution in [0, 0.1) is 11.3 Å². The SMILES string of the molecule is CCC(C)(C)C1CCC2(CC1)NC(=O)N(CN1CCN(C(=O)c3cccc4ccccc34)CC1)C2=O. The van der Waals surface area contributed by atoms with Gasteiger partial charge in [-0.15, -0.1) is 0 Å². The Hall–Kier alpha value is -2.93. The molecule has 3 fully saturated rings. The van der Waals surface area contributed by atoms with Crippen molar-refractivity contribution in [1.82, 2.24) is 20.0 Å². The van der Waals surface area contributed by atoms with Crippen LogP contribution < -0.4 is 5.32 Å². The number of benzene rings is 2. The normalized spacial score (nSPS) is 25.6. The predicted molar refractivity (Wildman–Crippen MR) is 140 cm³/mol. The highest BCUT2D eigenvalue weighted by atomic mass is 16.2. The number of hydrogen-bond donors (Lipinski definition) is 1. The lowest BCUT2D eigenvalue weighted by Gasteiger charge is -2.42. The van der Waals surface area contributed by atoms with Gasteiger partial charge in [-0.3, -0.25) is 14.5 Å². The molecule has 4 amide bonds. The molecule has 0 atom stereocenters. The summed E-state index contributed by atoms with van der Waals surface area (Å²) < 4.78 is 0. The molecule has 3 aliphatic rings. The summed E-state index contributed by atoms with van der Waals surface area (Å²) in [4.78, 5) is 44.9. The maximum atomic E-state index is 13.4. The van der Waals surface area contributed by atoms with Crippen molar-refractivity contribution in [2.45, 2.75) is 58.4 Å². The molecule has 0 unspecified atom stereocenters. The Morgan fingerprint density at radius 3 is 2.36 bits per heavy atom. The summed E-state index contributed by atoms with van der Waals surface area (Å²) in [7, 11) is 0. The van der Waals surface area contributed by atoms with Crippen LogP contribution in [0.2, 0.25) is 0 Å². The average molecular weight is 491 g/mol. The molecule has 2 heterocycles. The van der Waals surface area contributed by atoms with Gasteiger partial charge in [0.25, 0.3) is 11.8 Å². The van der Waals surface area contributed by atoms with Gasteiger partial charge in [0.15, 0.2) is 0 Å². The molecule has 2 aliphatic heterocycles. The first-order valence-electron chi connectivity index (χ1n) is 13.4. The van der Waals surface area contributed by atoms with Gasteiger partial charge in [-0.1, -0.05) is 63.6 Å². The molecule has 0 radical (unpaired) electrons. The summed E-state index contributed by atoms with van der Waals surface area (Å²) in [5.74, 6) is 0.543. The summed E-state index contributed by atoms with van der Waals surface area (Å²) in [5, 5.41) is 5.08. The molecule has 0 bridgehead atoms. The third-order valence-electron chi connectivity index (χ3n) is 9.12. The Morgan fingerprint density at radius 2 is 1.67 bits per heavy atom. The second-order valence-electron chi connectivity index (χ2n) is 11.4. The smallest absolute Gasteiger partial charge is 0.326 e. The summed E-state index contributed by atoms with van der Waals surface area (Å²) in [6.45, 7) is 9.54. The molecule has 1 N–H and O–H groups in total. The zero-order valence-corrected chi connectivity index (χ0v) is 21.8. The van der Waals surface area contributed by atoms with Crippen molar-refractivity contribution < 1.29 is 14.4 Å². The minimum atomic E-state index is -0.733. The van der Waals surface area contributed by atoms with Crippen molar-refractivity contribution in [3.63, 3.8) is 0 Å². The number of imide groups is 1. The summed E-state index contributed by atoms with van der Waals surface area (Å²) in [6, 6.07) is 13.5. The maximum Gasteiger partial charge on any atom is 0.326 e. The summed E-state index contributed by atoms with van der Waals surface area (Å²) in [5.41, 5.74) is 0.249. The van der Waals surface area contributed by atoms with E-state index >= 15 is 0 Å². The molecular weight excluding hydrogens is 452 g/mol. The fourth-order valence-corrected chi connectivity index (χ4v) is 6.20. The number of rotatable bonds is 5. The Balaban J connectivity index is 1.18. The minimum absolute atomic E-state index is 0.0344. The van der Waals surface area contributed by atoms with Crippen molar-refractivity contribution in [2.75, 3.05) is 32.8 Å². The van der Waals surface area contributed by atoms with Gasteiger partial charge in [0.2, 0.25) is 0 Å². The third-order valence-corrected chi connectivity index (χ3v) is 9.12. The van der Waals surface area contributed by atoms with Crippen LogP contribution in [0.25, 0.3) is 10.8 Å². The van der Waals surface area contributed by atoms with Gasteiger partial charge in [-0.25, -0.2) is 9.69 Å². The number of piperazine rings is 1. The summed E-state index contributed by atoms with van der Waals surface area (Å²) >= 11 is 0. The number of carbonyl (C=O) groups is 3. The first kappa shape index (κ1) is 24.8. The van der Waals surface area contributed by atoms with E-state index in [-0.39, 0.29) is 29.9 Å². The second kappa shape index (κ2) is 9.51. The van der Waals surface area contributed by atoms with Gasteiger partial charge in [-0.2, -0.15) is 0 Å². The number of urea groups is 1. The molecule has 36 heavy (non-hydrogen) atoms. The Bertz CT molecular complexity index is 1150. The summed E-state index contributed by atoms with van der Waals surface area (Å²) in [6.07, 6.45) is 4.49. The van der Waals surface area contributed by atoms with Gasteiger partial charge >= 0.3 is 6.03 Å². The highest BCUT2D eigenvalue weighted by Gasteiger charge is 2.53. The van der Waals surface area contributed by atoms with Crippen LogP contribution in [0.4, 0.5) is 4.79 Å². The quantitative estimate of drug-likeness (QED) is 0.628. The predicted octanol–water partition coefficient (Wildman–Crippen LogP) is 4.47. The average Bonchev–Trinajstić information content (AvgIpc) is 3.12. The number of amides is 4. The van der Waals surface area contributed by atoms with E-state index in [2.05, 4.69) is 31.0 Å². The fraction of sp³-hybridized carbons (Fsp3) is 0.552. The molecule has 1 spiro atoms. The van der Waals surface area contributed by atoms with Crippen LogP contribution in [0.1, 0.15) is 63.2 Å². The van der Waals surface area contributed by atoms with E-state index in [4.69, 9.17) is 0 Å². The molecule has 7 nitrogen and oxygen atoms in total. The second-order valence-corrected chi connectivity index (χ2v) is 11.4. The highest BCUT2D eigenvalue weighted by Crippen LogP contribution is 2.45. The molecule has 2 aromatic carbocycles. The Morgan fingerprint density at radius 1 is 1.00 bits per heavy atom. The van der Waals surface area contributed by atoms with E-state index in [1.165, 1.54) is 4.90 Å². The third kappa shape index (κ3) is 4.38. The number of carbonyl (C=O) groups excluding carboxylic acids is 3. The molecule has 0 aromatic heterocycles. The van der Waals surface area contributed by atoms with Gasteiger partial charge in [-0.05, 0) is 53.9 Å². The molecular formula is C29H38N4O3. The van der Waals surface area contributed by atoms with Crippen molar-refractivity contribution in [1.29, 1.82) is 0 Å². The topological polar surface area (TPSA) is 73.0 Å². The van der Waals surface area contributed by atoms with Gasteiger partial charge in [0.05, 0.1) is 6.67 Å². The maximum absolute atomic E-state index is 13.4. The number of nitrogens with zero attached hydrogens (tertiary/aromatic N) is 3. The van der Waals surface area contributed by atoms with Gasteiger partial charge in [0.1, 0.15) is 5.54 Å². The van der Waals surface area contributed by atoms with Crippen molar-refractivity contribution in [3.05, 3.63) is 48.0 Å². The monoisotopic (exact) mass is 490 g/mol. The van der Waals surface area contributed by atoms with E-state index < -0.39 is 5.54 Å². The van der Waals surface area contributed by atoms with Crippen LogP contribution in [0.15, 0.2) is 42.5 Å². The Kier molecular flexibility index (Phi) is 6.54. The molecule has 192 valence electrons. The van der Waals surface area contributed by atoms with Gasteiger partial charge < -0.3 is 10.2 Å². The standard InChI is InChI=1S/C29H38N4O3/c1-4-28(2,3)22-12-14-29(15-13-22)26(35)33(27(36)30-29)20-31-16-18-32(19-17-31)25(34)24-11-7-9-21-8-5-6-10-23(21)24/h5-11,22H,4,12-20H2,1-3H3,(H,30,36). The van der Waals surface area contributed by atoms with Crippen LogP contribution in [0.5, 0.6) is 0 Å². The fourth-order valence-electron chi connectivity index (χ4n) is 6.20. The first-order chi connectivity index (χ1) is 17.2. The van der Waals surface area contributed by atoms with Crippen molar-refractivity contribution >= 4 is 28.6 Å². The lowest BCUT2D eigenvalue weighted by atomic mass is 9.65. The first-order valence-corrected chi connectivity index (χ1v) is 13.4. The molecule has 1 aliphatic carbocycles. The zero-order chi connectivity index (χ0) is 25.5. The molecule has 2 aromatic rings. The van der Waals surface area contributed by atoms with E-state index in [0.29, 0.717) is 32.1 Å². The van der Waals surface area contributed by atoms with Gasteiger partial charge in [0, 0.05) is 31.7 Å². The Labute approximate surface area is 213 Å². The molecule has 5 rings (SSSR count). The largest absolute Gasteiger partial charge is 0.336 e. The molecule has 7 heteroatoms. The number of hydrogen-bond acceptors (Lipinski definition) is 4. The van der Waals surface area contributed by atoms with Crippen LogP contribution in [-0.2, 0) is 4.79 Å². The number of fused-ring (bicyclic) bond motifs is 1. The highest BCUT2D eigenvalue weighted by molar-refractivity contribution is 6.07. The van der Waals surface area contributed by atoms with Crippen LogP contribution >= 0.6 is 0 Å². The zero-order valence-electron chi connectivity index (χ0n) is 21.8. The van der Waals surface area contributed by atoms with E-state index in [1.54, 1.807) is 0 Å². The van der Waals surface area contributed by atoms with E-state index in [1.807, 2.05) is 47.4 Å². The van der Waals surface area contributed by atoms with E-state index in [9.17, 15) is 14.4 Å².